The molecule has 2 aromatic rings. The average Bonchev–Trinajstić information content (AvgIpc) is 2.26. The van der Waals surface area contributed by atoms with Crippen molar-refractivity contribution in [2.45, 2.75) is 9.79 Å². The van der Waals surface area contributed by atoms with E-state index in [4.69, 9.17) is 4.74 Å². The molecule has 0 N–H and O–H groups in total. The third kappa shape index (κ3) is 1.66. The van der Waals surface area contributed by atoms with Crippen LogP contribution in [0.5, 0.6) is 11.5 Å². The summed E-state index contributed by atoms with van der Waals surface area (Å²) in [6.45, 7) is 0. The number of rotatable bonds is 0. The van der Waals surface area contributed by atoms with Crippen molar-refractivity contribution in [3.8, 4) is 11.5 Å². The Kier molecular flexibility index (Phi) is 2.22. The van der Waals surface area contributed by atoms with E-state index in [-0.39, 0.29) is 0 Å². The van der Waals surface area contributed by atoms with Crippen LogP contribution in [-0.2, 0) is 0 Å². The lowest BCUT2D eigenvalue weighted by molar-refractivity contribution is 0.454. The van der Waals surface area contributed by atoms with E-state index < -0.39 is 0 Å². The summed E-state index contributed by atoms with van der Waals surface area (Å²) in [6, 6.07) is 14.2. The molecule has 0 amide bonds. The summed E-state index contributed by atoms with van der Waals surface area (Å²) < 4.78 is 6.85. The fraction of sp³-hybridized carbons (Fsp3) is 0. The van der Waals surface area contributed by atoms with E-state index in [1.807, 2.05) is 30.3 Å². The standard InChI is InChI=1S/C12H7BrOS/c13-8-5-6-12-10(7-8)14-9-3-1-2-4-11(9)15-12/h1-7H. The predicted octanol–water partition coefficient (Wildman–Crippen LogP) is 4.71. The van der Waals surface area contributed by atoms with Crippen molar-refractivity contribution in [2.75, 3.05) is 0 Å². The summed E-state index contributed by atoms with van der Waals surface area (Å²) in [4.78, 5) is 2.34. The van der Waals surface area contributed by atoms with Crippen LogP contribution in [0.3, 0.4) is 0 Å². The fourth-order valence-electron chi connectivity index (χ4n) is 1.50. The minimum atomic E-state index is 0.924. The molecule has 0 spiro atoms. The van der Waals surface area contributed by atoms with Gasteiger partial charge < -0.3 is 4.74 Å². The molecular formula is C12H7BrOS. The highest BCUT2D eigenvalue weighted by Gasteiger charge is 2.16. The van der Waals surface area contributed by atoms with Gasteiger partial charge in [0.15, 0.2) is 0 Å². The van der Waals surface area contributed by atoms with Crippen molar-refractivity contribution in [2.24, 2.45) is 0 Å². The highest BCUT2D eigenvalue weighted by atomic mass is 79.9. The van der Waals surface area contributed by atoms with Crippen molar-refractivity contribution >= 4 is 27.7 Å². The number of para-hydroxylation sites is 1. The summed E-state index contributed by atoms with van der Waals surface area (Å²) in [5.74, 6) is 1.86. The fourth-order valence-corrected chi connectivity index (χ4v) is 2.77. The van der Waals surface area contributed by atoms with Crippen LogP contribution in [0.4, 0.5) is 0 Å². The number of fused-ring (bicyclic) bond motifs is 2. The minimum absolute atomic E-state index is 0.924. The number of hydrogen-bond donors (Lipinski definition) is 0. The van der Waals surface area contributed by atoms with Gasteiger partial charge in [0, 0.05) is 4.47 Å². The molecule has 0 unspecified atom stereocenters. The smallest absolute Gasteiger partial charge is 0.142 e. The maximum atomic E-state index is 5.81. The first-order valence-electron chi connectivity index (χ1n) is 4.57. The van der Waals surface area contributed by atoms with E-state index in [0.29, 0.717) is 0 Å². The molecule has 1 aliphatic rings. The maximum absolute atomic E-state index is 5.81. The van der Waals surface area contributed by atoms with Crippen LogP contribution < -0.4 is 4.74 Å². The zero-order valence-corrected chi connectivity index (χ0v) is 10.1. The van der Waals surface area contributed by atoms with Gasteiger partial charge >= 0.3 is 0 Å². The molecule has 3 heteroatoms. The molecule has 0 aromatic heterocycles. The second kappa shape index (κ2) is 3.58. The second-order valence-corrected chi connectivity index (χ2v) is 5.24. The van der Waals surface area contributed by atoms with Gasteiger partial charge in [-0.2, -0.15) is 0 Å². The maximum Gasteiger partial charge on any atom is 0.142 e. The largest absolute Gasteiger partial charge is 0.455 e. The lowest BCUT2D eigenvalue weighted by Crippen LogP contribution is -1.94. The van der Waals surface area contributed by atoms with Gasteiger partial charge in [-0.3, -0.25) is 0 Å². The number of halogens is 1. The molecule has 3 rings (SSSR count). The Morgan fingerprint density at radius 3 is 2.67 bits per heavy atom. The monoisotopic (exact) mass is 278 g/mol. The van der Waals surface area contributed by atoms with Crippen LogP contribution in [0.25, 0.3) is 0 Å². The highest BCUT2D eigenvalue weighted by Crippen LogP contribution is 2.47. The summed E-state index contributed by atoms with van der Waals surface area (Å²) in [5.41, 5.74) is 0. The molecule has 1 nitrogen and oxygen atoms in total. The molecule has 74 valence electrons. The average molecular weight is 279 g/mol. The van der Waals surface area contributed by atoms with Gasteiger partial charge in [-0.15, -0.1) is 0 Å². The van der Waals surface area contributed by atoms with Crippen LogP contribution in [0, 0.1) is 0 Å². The van der Waals surface area contributed by atoms with Gasteiger partial charge in [-0.1, -0.05) is 39.8 Å². The molecular weight excluding hydrogens is 272 g/mol. The number of benzene rings is 2. The Labute approximate surface area is 101 Å². The Morgan fingerprint density at radius 2 is 1.73 bits per heavy atom. The Morgan fingerprint density at radius 1 is 0.933 bits per heavy atom. The molecule has 0 aliphatic carbocycles. The van der Waals surface area contributed by atoms with Crippen molar-refractivity contribution in [1.82, 2.24) is 0 Å². The van der Waals surface area contributed by atoms with E-state index in [1.165, 1.54) is 4.90 Å². The summed E-state index contributed by atoms with van der Waals surface area (Å²) in [6.07, 6.45) is 0. The summed E-state index contributed by atoms with van der Waals surface area (Å²) in [5, 5.41) is 0. The number of hydrogen-bond acceptors (Lipinski definition) is 2. The Balaban J connectivity index is 2.11. The van der Waals surface area contributed by atoms with Gasteiger partial charge in [-0.25, -0.2) is 0 Å². The predicted molar refractivity (Wildman–Crippen MR) is 64.8 cm³/mol. The topological polar surface area (TPSA) is 9.23 Å². The molecule has 2 aromatic carbocycles. The minimum Gasteiger partial charge on any atom is -0.455 e. The molecule has 0 saturated carbocycles. The van der Waals surface area contributed by atoms with Gasteiger partial charge in [0.1, 0.15) is 11.5 Å². The molecule has 0 saturated heterocycles. The molecule has 0 fully saturated rings. The van der Waals surface area contributed by atoms with E-state index in [9.17, 15) is 0 Å². The summed E-state index contributed by atoms with van der Waals surface area (Å²) in [7, 11) is 0. The molecule has 0 bridgehead atoms. The summed E-state index contributed by atoms with van der Waals surface area (Å²) >= 11 is 5.19. The molecule has 1 heterocycles. The van der Waals surface area contributed by atoms with E-state index in [1.54, 1.807) is 11.8 Å². The SMILES string of the molecule is Brc1ccc2c(c1)Oc1ccccc1S2. The van der Waals surface area contributed by atoms with Crippen LogP contribution in [0.1, 0.15) is 0 Å². The molecule has 0 atom stereocenters. The van der Waals surface area contributed by atoms with Crippen LogP contribution in [0.15, 0.2) is 56.7 Å². The lowest BCUT2D eigenvalue weighted by Gasteiger charge is -2.19. The molecule has 1 aliphatic heterocycles. The zero-order chi connectivity index (χ0) is 10.3. The van der Waals surface area contributed by atoms with Crippen LogP contribution in [0.2, 0.25) is 0 Å². The van der Waals surface area contributed by atoms with Crippen LogP contribution in [-0.4, -0.2) is 0 Å². The van der Waals surface area contributed by atoms with Crippen molar-refractivity contribution in [1.29, 1.82) is 0 Å². The highest BCUT2D eigenvalue weighted by molar-refractivity contribution is 9.10. The van der Waals surface area contributed by atoms with Gasteiger partial charge in [-0.05, 0) is 30.3 Å². The molecule has 0 radical (unpaired) electrons. The normalized spacial score (nSPS) is 12.6. The van der Waals surface area contributed by atoms with Crippen molar-refractivity contribution in [3.05, 3.63) is 46.9 Å². The van der Waals surface area contributed by atoms with Gasteiger partial charge in [0.25, 0.3) is 0 Å². The Hall–Kier alpha value is -0.930. The van der Waals surface area contributed by atoms with E-state index >= 15 is 0 Å². The molecule has 15 heavy (non-hydrogen) atoms. The first-order chi connectivity index (χ1) is 7.33. The first-order valence-corrected chi connectivity index (χ1v) is 6.18. The van der Waals surface area contributed by atoms with Crippen molar-refractivity contribution in [3.63, 3.8) is 0 Å². The van der Waals surface area contributed by atoms with Gasteiger partial charge in [0.05, 0.1) is 9.79 Å². The van der Waals surface area contributed by atoms with Crippen LogP contribution >= 0.6 is 27.7 Å². The number of ether oxygens (including phenoxy) is 1. The third-order valence-corrected chi connectivity index (χ3v) is 3.80. The van der Waals surface area contributed by atoms with Gasteiger partial charge in [0.2, 0.25) is 0 Å². The lowest BCUT2D eigenvalue weighted by atomic mass is 10.3. The first kappa shape index (κ1) is 9.31. The Bertz CT molecular complexity index is 525. The van der Waals surface area contributed by atoms with Crippen molar-refractivity contribution < 1.29 is 4.74 Å². The van der Waals surface area contributed by atoms with E-state index in [2.05, 4.69) is 28.1 Å². The second-order valence-electron chi connectivity index (χ2n) is 3.24. The third-order valence-electron chi connectivity index (χ3n) is 2.19. The van der Waals surface area contributed by atoms with E-state index in [0.717, 1.165) is 20.9 Å². The quantitative estimate of drug-likeness (QED) is 0.589. The zero-order valence-electron chi connectivity index (χ0n) is 7.74.